The van der Waals surface area contributed by atoms with Gasteiger partial charge in [0.2, 0.25) is 0 Å². The highest BCUT2D eigenvalue weighted by Crippen LogP contribution is 2.29. The molecule has 1 unspecified atom stereocenters. The lowest BCUT2D eigenvalue weighted by molar-refractivity contribution is 0.549. The fraction of sp³-hybridized carbons (Fsp3) is 0.583. The minimum absolute atomic E-state index is 0.0300. The van der Waals surface area contributed by atoms with Crippen molar-refractivity contribution in [1.29, 1.82) is 0 Å². The first kappa shape index (κ1) is 14.5. The van der Waals surface area contributed by atoms with Crippen LogP contribution in [0.4, 0.5) is 0 Å². The van der Waals surface area contributed by atoms with Gasteiger partial charge in [0.25, 0.3) is 0 Å². The maximum Gasteiger partial charge on any atom is 0.0950 e. The van der Waals surface area contributed by atoms with Crippen LogP contribution in [0.3, 0.4) is 0 Å². The Morgan fingerprint density at radius 3 is 2.58 bits per heavy atom. The summed E-state index contributed by atoms with van der Waals surface area (Å²) in [7, 11) is 0. The van der Waals surface area contributed by atoms with Gasteiger partial charge in [-0.15, -0.1) is 16.4 Å². The Balaban J connectivity index is 2.22. The molecule has 0 saturated carbocycles. The van der Waals surface area contributed by atoms with Crippen LogP contribution in [0.5, 0.6) is 0 Å². The minimum atomic E-state index is 0.0300. The Bertz CT molecular complexity index is 527. The number of aromatic nitrogens is 3. The highest BCUT2D eigenvalue weighted by molar-refractivity contribution is 7.11. The number of aryl methyl sites for hydroxylation is 2. The van der Waals surface area contributed by atoms with Crippen molar-refractivity contribution in [3.8, 4) is 0 Å². The van der Waals surface area contributed by atoms with Gasteiger partial charge in [-0.3, -0.25) is 11.3 Å². The van der Waals surface area contributed by atoms with Gasteiger partial charge in [0, 0.05) is 11.3 Å². The number of hydrogen-bond acceptors (Lipinski definition) is 7. The van der Waals surface area contributed by atoms with Gasteiger partial charge in [-0.1, -0.05) is 18.3 Å². The molecule has 0 aliphatic heterocycles. The number of nitrogens with two attached hydrogens (primary N) is 1. The van der Waals surface area contributed by atoms with Gasteiger partial charge in [-0.2, -0.15) is 0 Å². The summed E-state index contributed by atoms with van der Waals surface area (Å²) in [5.41, 5.74) is 5.00. The molecule has 0 aromatic carbocycles. The van der Waals surface area contributed by atoms with Crippen molar-refractivity contribution in [2.75, 3.05) is 0 Å². The largest absolute Gasteiger partial charge is 0.271 e. The van der Waals surface area contributed by atoms with Crippen LogP contribution in [0.1, 0.15) is 52.0 Å². The van der Waals surface area contributed by atoms with Crippen LogP contribution in [0.15, 0.2) is 0 Å². The molecule has 5 nitrogen and oxygen atoms in total. The number of rotatable bonds is 5. The van der Waals surface area contributed by atoms with Crippen molar-refractivity contribution in [3.63, 3.8) is 0 Å². The smallest absolute Gasteiger partial charge is 0.0950 e. The summed E-state index contributed by atoms with van der Waals surface area (Å²) < 4.78 is 4.06. The lowest BCUT2D eigenvalue weighted by Gasteiger charge is -2.14. The maximum atomic E-state index is 5.70. The fourth-order valence-corrected chi connectivity index (χ4v) is 3.72. The maximum absolute atomic E-state index is 5.70. The molecule has 0 saturated heterocycles. The topological polar surface area (TPSA) is 76.7 Å². The van der Waals surface area contributed by atoms with E-state index < -0.39 is 0 Å². The van der Waals surface area contributed by atoms with Gasteiger partial charge in [0.05, 0.1) is 27.3 Å². The number of hydrogen-bond donors (Lipinski definition) is 2. The molecular formula is C12H19N5S2. The number of hydrazine groups is 1. The number of nitrogens with zero attached hydrogens (tertiary/aromatic N) is 3. The van der Waals surface area contributed by atoms with E-state index >= 15 is 0 Å². The van der Waals surface area contributed by atoms with Crippen LogP contribution in [-0.4, -0.2) is 14.6 Å². The molecule has 0 aliphatic rings. The number of nitrogens with one attached hydrogen (secondary N) is 1. The number of thiazole rings is 1. The van der Waals surface area contributed by atoms with Gasteiger partial charge < -0.3 is 0 Å². The summed E-state index contributed by atoms with van der Waals surface area (Å²) in [6, 6.07) is 0.0300. The van der Waals surface area contributed by atoms with Crippen LogP contribution < -0.4 is 11.3 Å². The summed E-state index contributed by atoms with van der Waals surface area (Å²) in [6.45, 7) is 8.36. The second kappa shape index (κ2) is 6.04. The summed E-state index contributed by atoms with van der Waals surface area (Å²) in [5.74, 6) is 6.05. The van der Waals surface area contributed by atoms with Gasteiger partial charge in [0.1, 0.15) is 0 Å². The zero-order valence-electron chi connectivity index (χ0n) is 11.6. The average molecular weight is 297 g/mol. The van der Waals surface area contributed by atoms with Crippen molar-refractivity contribution in [2.24, 2.45) is 5.84 Å². The molecule has 7 heteroatoms. The molecule has 2 aromatic rings. The van der Waals surface area contributed by atoms with Crippen LogP contribution in [0.25, 0.3) is 0 Å². The van der Waals surface area contributed by atoms with Gasteiger partial charge in [-0.25, -0.2) is 4.98 Å². The minimum Gasteiger partial charge on any atom is -0.271 e. The third kappa shape index (κ3) is 3.17. The van der Waals surface area contributed by atoms with E-state index in [2.05, 4.69) is 40.8 Å². The van der Waals surface area contributed by atoms with E-state index in [4.69, 9.17) is 5.84 Å². The summed E-state index contributed by atoms with van der Waals surface area (Å²) in [6.07, 6.45) is 0.777. The Hall–Kier alpha value is -0.890. The highest BCUT2D eigenvalue weighted by atomic mass is 32.1. The molecule has 0 aliphatic carbocycles. The Kier molecular flexibility index (Phi) is 4.62. The second-order valence-electron chi connectivity index (χ2n) is 4.85. The molecule has 2 aromatic heterocycles. The third-order valence-electron chi connectivity index (χ3n) is 3.06. The third-order valence-corrected chi connectivity index (χ3v) is 5.01. The molecule has 0 fully saturated rings. The van der Waals surface area contributed by atoms with Crippen LogP contribution in [0.2, 0.25) is 0 Å². The molecule has 2 heterocycles. The Morgan fingerprint density at radius 2 is 2.05 bits per heavy atom. The lowest BCUT2D eigenvalue weighted by atomic mass is 10.0. The summed E-state index contributed by atoms with van der Waals surface area (Å²) >= 11 is 3.14. The molecule has 1 atom stereocenters. The van der Waals surface area contributed by atoms with Crippen molar-refractivity contribution in [2.45, 2.75) is 46.1 Å². The van der Waals surface area contributed by atoms with Crippen molar-refractivity contribution in [3.05, 3.63) is 26.1 Å². The average Bonchev–Trinajstić information content (AvgIpc) is 2.94. The predicted molar refractivity (Wildman–Crippen MR) is 79.4 cm³/mol. The van der Waals surface area contributed by atoms with E-state index in [-0.39, 0.29) is 6.04 Å². The van der Waals surface area contributed by atoms with Gasteiger partial charge >= 0.3 is 0 Å². The highest BCUT2D eigenvalue weighted by Gasteiger charge is 2.22. The molecule has 0 radical (unpaired) electrons. The molecule has 0 bridgehead atoms. The molecule has 2 rings (SSSR count). The Labute approximate surface area is 121 Å². The first-order valence-electron chi connectivity index (χ1n) is 6.24. The van der Waals surface area contributed by atoms with Crippen LogP contribution in [-0.2, 0) is 6.42 Å². The van der Waals surface area contributed by atoms with Gasteiger partial charge in [-0.05, 0) is 31.3 Å². The van der Waals surface area contributed by atoms with Crippen LogP contribution in [0, 0.1) is 13.8 Å². The van der Waals surface area contributed by atoms with Crippen molar-refractivity contribution >= 4 is 22.9 Å². The first-order valence-corrected chi connectivity index (χ1v) is 7.83. The molecular weight excluding hydrogens is 278 g/mol. The zero-order valence-corrected chi connectivity index (χ0v) is 13.2. The lowest BCUT2D eigenvalue weighted by Crippen LogP contribution is -2.29. The van der Waals surface area contributed by atoms with E-state index in [1.54, 1.807) is 11.3 Å². The first-order chi connectivity index (χ1) is 9.02. The van der Waals surface area contributed by atoms with Crippen LogP contribution >= 0.6 is 22.9 Å². The van der Waals surface area contributed by atoms with E-state index in [1.165, 1.54) is 16.4 Å². The van der Waals surface area contributed by atoms with E-state index in [0.717, 1.165) is 27.7 Å². The Morgan fingerprint density at radius 1 is 1.32 bits per heavy atom. The fourth-order valence-electron chi connectivity index (χ4n) is 1.87. The zero-order chi connectivity index (χ0) is 14.0. The normalized spacial score (nSPS) is 13.2. The second-order valence-corrected chi connectivity index (χ2v) is 6.92. The summed E-state index contributed by atoms with van der Waals surface area (Å²) in [4.78, 5) is 6.94. The van der Waals surface area contributed by atoms with Crippen molar-refractivity contribution < 1.29 is 0 Å². The summed E-state index contributed by atoms with van der Waals surface area (Å²) in [5, 5.41) is 5.30. The van der Waals surface area contributed by atoms with E-state index in [1.807, 2.05) is 6.92 Å². The van der Waals surface area contributed by atoms with Gasteiger partial charge in [0.15, 0.2) is 0 Å². The molecule has 0 spiro atoms. The molecule has 0 amide bonds. The molecule has 3 N–H and O–H groups in total. The SMILES string of the molecule is Cc1nc(CC(NN)c2snnc2C(C)C)sc1C. The monoisotopic (exact) mass is 297 g/mol. The van der Waals surface area contributed by atoms with E-state index in [9.17, 15) is 0 Å². The van der Waals surface area contributed by atoms with E-state index in [0.29, 0.717) is 5.92 Å². The predicted octanol–water partition coefficient (Wildman–Crippen LogP) is 2.48. The standard InChI is InChI=1S/C12H19N5S2/c1-6(2)11-12(19-17-16-11)9(15-13)5-10-14-7(3)8(4)18-10/h6,9,15H,5,13H2,1-4H3. The molecule has 19 heavy (non-hydrogen) atoms. The molecule has 104 valence electrons. The van der Waals surface area contributed by atoms with Crippen molar-refractivity contribution in [1.82, 2.24) is 20.0 Å². The quantitative estimate of drug-likeness (QED) is 0.655.